The van der Waals surface area contributed by atoms with Gasteiger partial charge in [0, 0.05) is 8.07 Å². The maximum Gasteiger partial charge on any atom is 0.0442 e. The van der Waals surface area contributed by atoms with Crippen LogP contribution in [0.15, 0.2) is 0 Å². The number of hydrogen-bond donors (Lipinski definition) is 0. The maximum absolute atomic E-state index is 2.47. The fourth-order valence-electron chi connectivity index (χ4n) is 1.28. The van der Waals surface area contributed by atoms with Crippen molar-refractivity contribution in [3.63, 3.8) is 0 Å². The van der Waals surface area contributed by atoms with Crippen LogP contribution in [0.1, 0.15) is 40.0 Å². The summed E-state index contributed by atoms with van der Waals surface area (Å²) < 4.78 is 0. The standard InChI is InChI=1S/C11H26Si/c1-7-11(3,8-2)9-10-12(4,5)6/h7-10H2,1-6H3. The second kappa shape index (κ2) is 4.45. The molecule has 0 aliphatic heterocycles. The molecular weight excluding hydrogens is 160 g/mol. The van der Waals surface area contributed by atoms with Gasteiger partial charge in [-0.05, 0) is 5.41 Å². The first kappa shape index (κ1) is 12.2. The topological polar surface area (TPSA) is 0 Å². The molecule has 0 aliphatic rings. The minimum absolute atomic E-state index is 0.625. The average Bonchev–Trinajstić information content (AvgIpc) is 1.99. The third-order valence-corrected chi connectivity index (χ3v) is 4.94. The molecule has 0 rings (SSSR count). The van der Waals surface area contributed by atoms with Gasteiger partial charge in [-0.25, -0.2) is 0 Å². The minimum atomic E-state index is -0.800. The molecule has 0 aliphatic carbocycles. The van der Waals surface area contributed by atoms with Crippen LogP contribution in [0.3, 0.4) is 0 Å². The van der Waals surface area contributed by atoms with E-state index in [1.807, 2.05) is 0 Å². The summed E-state index contributed by atoms with van der Waals surface area (Å²) in [5.41, 5.74) is 0.625. The Kier molecular flexibility index (Phi) is 4.53. The van der Waals surface area contributed by atoms with Gasteiger partial charge in [0.1, 0.15) is 0 Å². The van der Waals surface area contributed by atoms with E-state index < -0.39 is 8.07 Å². The first-order chi connectivity index (χ1) is 5.33. The van der Waals surface area contributed by atoms with Gasteiger partial charge < -0.3 is 0 Å². The van der Waals surface area contributed by atoms with Crippen molar-refractivity contribution in [1.82, 2.24) is 0 Å². The Hall–Kier alpha value is 0.217. The van der Waals surface area contributed by atoms with Gasteiger partial charge in [0.15, 0.2) is 0 Å². The highest BCUT2D eigenvalue weighted by atomic mass is 28.3. The molecule has 0 spiro atoms. The van der Waals surface area contributed by atoms with Crippen LogP contribution in [-0.2, 0) is 0 Å². The maximum atomic E-state index is 2.47. The fraction of sp³-hybridized carbons (Fsp3) is 1.00. The molecule has 12 heavy (non-hydrogen) atoms. The van der Waals surface area contributed by atoms with Crippen LogP contribution in [-0.4, -0.2) is 8.07 Å². The summed E-state index contributed by atoms with van der Waals surface area (Å²) in [5.74, 6) is 0. The lowest BCUT2D eigenvalue weighted by atomic mass is 9.82. The molecule has 0 atom stereocenters. The van der Waals surface area contributed by atoms with E-state index in [1.54, 1.807) is 0 Å². The molecule has 0 aromatic heterocycles. The molecule has 0 unspecified atom stereocenters. The zero-order valence-electron chi connectivity index (χ0n) is 9.83. The summed E-state index contributed by atoms with van der Waals surface area (Å²) >= 11 is 0. The molecule has 0 N–H and O–H groups in total. The second-order valence-corrected chi connectivity index (χ2v) is 11.2. The second-order valence-electron chi connectivity index (χ2n) is 5.58. The van der Waals surface area contributed by atoms with E-state index in [0.29, 0.717) is 5.41 Å². The van der Waals surface area contributed by atoms with Gasteiger partial charge in [0.05, 0.1) is 0 Å². The minimum Gasteiger partial charge on any atom is -0.0695 e. The lowest BCUT2D eigenvalue weighted by Crippen LogP contribution is -2.24. The first-order valence-corrected chi connectivity index (χ1v) is 9.04. The SMILES string of the molecule is CCC(C)(CC)CC[Si](C)(C)C. The molecule has 0 radical (unpaired) electrons. The van der Waals surface area contributed by atoms with Crippen molar-refractivity contribution in [2.75, 3.05) is 0 Å². The van der Waals surface area contributed by atoms with Crippen molar-refractivity contribution in [2.24, 2.45) is 5.41 Å². The largest absolute Gasteiger partial charge is 0.0695 e. The van der Waals surface area contributed by atoms with E-state index in [0.717, 1.165) is 0 Å². The highest BCUT2D eigenvalue weighted by Gasteiger charge is 2.23. The number of hydrogen-bond acceptors (Lipinski definition) is 0. The smallest absolute Gasteiger partial charge is 0.0442 e. The molecule has 0 aromatic rings. The Morgan fingerprint density at radius 1 is 1.00 bits per heavy atom. The zero-order valence-corrected chi connectivity index (χ0v) is 10.8. The molecule has 0 nitrogen and oxygen atoms in total. The molecule has 0 saturated carbocycles. The lowest BCUT2D eigenvalue weighted by molar-refractivity contribution is 0.285. The van der Waals surface area contributed by atoms with Crippen LogP contribution < -0.4 is 0 Å². The molecule has 0 aromatic carbocycles. The molecule has 74 valence electrons. The van der Waals surface area contributed by atoms with E-state index >= 15 is 0 Å². The number of rotatable bonds is 5. The van der Waals surface area contributed by atoms with Gasteiger partial charge in [-0.3, -0.25) is 0 Å². The van der Waals surface area contributed by atoms with Gasteiger partial charge in [0.25, 0.3) is 0 Å². The average molecular weight is 186 g/mol. The lowest BCUT2D eigenvalue weighted by Gasteiger charge is -2.29. The molecule has 0 amide bonds. The Balaban J connectivity index is 3.89. The summed E-state index contributed by atoms with van der Waals surface area (Å²) in [6, 6.07) is 1.49. The summed E-state index contributed by atoms with van der Waals surface area (Å²) in [6.07, 6.45) is 4.12. The molecular formula is C11H26Si. The van der Waals surface area contributed by atoms with Gasteiger partial charge in [-0.2, -0.15) is 0 Å². The Morgan fingerprint density at radius 2 is 1.42 bits per heavy atom. The third-order valence-electron chi connectivity index (χ3n) is 3.19. The van der Waals surface area contributed by atoms with E-state index in [-0.39, 0.29) is 0 Å². The van der Waals surface area contributed by atoms with Crippen LogP contribution in [0.5, 0.6) is 0 Å². The highest BCUT2D eigenvalue weighted by molar-refractivity contribution is 6.76. The van der Waals surface area contributed by atoms with Gasteiger partial charge in [-0.15, -0.1) is 0 Å². The normalized spacial score (nSPS) is 13.5. The molecule has 1 heteroatoms. The monoisotopic (exact) mass is 186 g/mol. The molecule has 0 heterocycles. The van der Waals surface area contributed by atoms with Crippen LogP contribution in [0.25, 0.3) is 0 Å². The van der Waals surface area contributed by atoms with Crippen LogP contribution in [0.4, 0.5) is 0 Å². The fourth-order valence-corrected chi connectivity index (χ4v) is 2.63. The zero-order chi connectivity index (χ0) is 9.83. The van der Waals surface area contributed by atoms with Gasteiger partial charge >= 0.3 is 0 Å². The predicted octanol–water partition coefficient (Wildman–Crippen LogP) is 4.54. The Morgan fingerprint density at radius 3 is 1.67 bits per heavy atom. The summed E-state index contributed by atoms with van der Waals surface area (Å²) in [6.45, 7) is 14.5. The highest BCUT2D eigenvalue weighted by Crippen LogP contribution is 2.33. The van der Waals surface area contributed by atoms with Crippen molar-refractivity contribution in [3.05, 3.63) is 0 Å². The van der Waals surface area contributed by atoms with E-state index in [9.17, 15) is 0 Å². The van der Waals surface area contributed by atoms with E-state index in [4.69, 9.17) is 0 Å². The predicted molar refractivity (Wildman–Crippen MR) is 61.5 cm³/mol. The van der Waals surface area contributed by atoms with Crippen LogP contribution in [0.2, 0.25) is 25.7 Å². The van der Waals surface area contributed by atoms with Crippen molar-refractivity contribution < 1.29 is 0 Å². The van der Waals surface area contributed by atoms with Crippen molar-refractivity contribution >= 4 is 8.07 Å². The van der Waals surface area contributed by atoms with Gasteiger partial charge in [-0.1, -0.05) is 65.7 Å². The Labute approximate surface area is 79.8 Å². The summed E-state index contributed by atoms with van der Waals surface area (Å²) in [5, 5.41) is 0. The quantitative estimate of drug-likeness (QED) is 0.553. The Bertz CT molecular complexity index is 117. The van der Waals surface area contributed by atoms with Crippen LogP contribution in [0, 0.1) is 5.41 Å². The molecule has 0 saturated heterocycles. The van der Waals surface area contributed by atoms with Crippen molar-refractivity contribution in [3.8, 4) is 0 Å². The molecule has 0 bridgehead atoms. The van der Waals surface area contributed by atoms with Crippen molar-refractivity contribution in [2.45, 2.75) is 65.7 Å². The first-order valence-electron chi connectivity index (χ1n) is 5.33. The van der Waals surface area contributed by atoms with E-state index in [2.05, 4.69) is 40.4 Å². The van der Waals surface area contributed by atoms with E-state index in [1.165, 1.54) is 25.3 Å². The van der Waals surface area contributed by atoms with Crippen molar-refractivity contribution in [1.29, 1.82) is 0 Å². The summed E-state index contributed by atoms with van der Waals surface area (Å²) in [7, 11) is -0.800. The third kappa shape index (κ3) is 4.97. The van der Waals surface area contributed by atoms with Crippen LogP contribution >= 0.6 is 0 Å². The summed E-state index contributed by atoms with van der Waals surface area (Å²) in [4.78, 5) is 0. The molecule has 0 fully saturated rings. The van der Waals surface area contributed by atoms with Gasteiger partial charge in [0.2, 0.25) is 0 Å².